The molecule has 0 saturated heterocycles. The minimum absolute atomic E-state index is 0.162. The third kappa shape index (κ3) is 4.83. The van der Waals surface area contributed by atoms with E-state index < -0.39 is 18.4 Å². The van der Waals surface area contributed by atoms with Gasteiger partial charge in [0.15, 0.2) is 0 Å². The molecule has 1 atom stereocenters. The molecule has 6 nitrogen and oxygen atoms in total. The van der Waals surface area contributed by atoms with Gasteiger partial charge in [0.2, 0.25) is 5.91 Å². The first-order chi connectivity index (χ1) is 9.56. The Bertz CT molecular complexity index is 502. The number of nitrogens with one attached hydrogen (secondary N) is 1. The van der Waals surface area contributed by atoms with Crippen LogP contribution < -0.4 is 11.1 Å². The van der Waals surface area contributed by atoms with Crippen molar-refractivity contribution in [1.29, 1.82) is 0 Å². The third-order valence-electron chi connectivity index (χ3n) is 2.63. The summed E-state index contributed by atoms with van der Waals surface area (Å²) in [4.78, 5) is 14.0. The maximum atomic E-state index is 12.6. The molecular formula is C12H15F2N5O. The Hall–Kier alpha value is -2.18. The normalized spacial score (nSPS) is 11.9. The summed E-state index contributed by atoms with van der Waals surface area (Å²) in [7, 11) is 0. The highest BCUT2D eigenvalue weighted by molar-refractivity contribution is 5.81. The molecule has 1 rings (SSSR count). The Morgan fingerprint density at radius 2 is 2.15 bits per heavy atom. The molecule has 0 heterocycles. The van der Waals surface area contributed by atoms with Gasteiger partial charge in [-0.1, -0.05) is 23.3 Å². The number of carbonyl (C=O) groups excluding carboxylic acids is 1. The van der Waals surface area contributed by atoms with Gasteiger partial charge in [-0.2, -0.15) is 0 Å². The predicted octanol–water partition coefficient (Wildman–Crippen LogP) is 2.44. The molecule has 0 aliphatic carbocycles. The summed E-state index contributed by atoms with van der Waals surface area (Å²) in [5.74, 6) is -0.653. The molecule has 1 amide bonds. The molecule has 1 unspecified atom stereocenters. The molecule has 20 heavy (non-hydrogen) atoms. The second kappa shape index (κ2) is 8.08. The van der Waals surface area contributed by atoms with E-state index in [1.54, 1.807) is 6.07 Å². The lowest BCUT2D eigenvalue weighted by atomic mass is 10.0. The lowest BCUT2D eigenvalue weighted by Gasteiger charge is -2.16. The molecule has 108 valence electrons. The summed E-state index contributed by atoms with van der Waals surface area (Å²) < 4.78 is 25.2. The number of nitrogens with zero attached hydrogens (tertiary/aromatic N) is 3. The second-order valence-corrected chi connectivity index (χ2v) is 4.07. The standard InChI is InChI=1S/C12H15F2N5O/c13-11(14)9-4-1-3-8(7-9)10(12(15)20)17-5-2-6-18-19-16/h1,3-4,7,10-11,17H,2,5-6H2,(H2,15,20). The van der Waals surface area contributed by atoms with Gasteiger partial charge in [-0.05, 0) is 30.1 Å². The molecule has 1 aromatic rings. The van der Waals surface area contributed by atoms with Crippen molar-refractivity contribution in [1.82, 2.24) is 5.32 Å². The number of benzene rings is 1. The number of azide groups is 1. The predicted molar refractivity (Wildman–Crippen MR) is 70.0 cm³/mol. The quantitative estimate of drug-likeness (QED) is 0.331. The lowest BCUT2D eigenvalue weighted by Crippen LogP contribution is -2.34. The Morgan fingerprint density at radius 3 is 2.75 bits per heavy atom. The number of amides is 1. The van der Waals surface area contributed by atoms with E-state index in [9.17, 15) is 13.6 Å². The van der Waals surface area contributed by atoms with Crippen LogP contribution in [-0.4, -0.2) is 19.0 Å². The van der Waals surface area contributed by atoms with Crippen molar-refractivity contribution in [2.24, 2.45) is 10.8 Å². The molecular weight excluding hydrogens is 268 g/mol. The molecule has 8 heteroatoms. The van der Waals surface area contributed by atoms with E-state index in [0.717, 1.165) is 0 Å². The van der Waals surface area contributed by atoms with Crippen LogP contribution >= 0.6 is 0 Å². The van der Waals surface area contributed by atoms with Crippen molar-refractivity contribution in [3.05, 3.63) is 45.8 Å². The zero-order valence-corrected chi connectivity index (χ0v) is 10.7. The molecule has 0 aliphatic heterocycles. The SMILES string of the molecule is [N-]=[N+]=NCCCNC(C(N)=O)c1cccc(C(F)F)c1. The number of primary amides is 1. The maximum absolute atomic E-state index is 12.6. The van der Waals surface area contributed by atoms with E-state index in [-0.39, 0.29) is 12.1 Å². The van der Waals surface area contributed by atoms with Crippen LogP contribution in [-0.2, 0) is 4.79 Å². The van der Waals surface area contributed by atoms with Gasteiger partial charge in [-0.15, -0.1) is 0 Å². The van der Waals surface area contributed by atoms with E-state index in [1.165, 1.54) is 18.2 Å². The molecule has 0 saturated carbocycles. The Morgan fingerprint density at radius 1 is 1.45 bits per heavy atom. The highest BCUT2D eigenvalue weighted by Crippen LogP contribution is 2.22. The smallest absolute Gasteiger partial charge is 0.263 e. The van der Waals surface area contributed by atoms with Gasteiger partial charge < -0.3 is 11.1 Å². The topological polar surface area (TPSA) is 104 Å². The van der Waals surface area contributed by atoms with Gasteiger partial charge in [-0.3, -0.25) is 4.79 Å². The molecule has 0 radical (unpaired) electrons. The number of halogens is 2. The van der Waals surface area contributed by atoms with Crippen molar-refractivity contribution in [3.8, 4) is 0 Å². The van der Waals surface area contributed by atoms with Crippen molar-refractivity contribution in [2.45, 2.75) is 18.9 Å². The molecule has 3 N–H and O–H groups in total. The summed E-state index contributed by atoms with van der Waals surface area (Å²) in [5.41, 5.74) is 13.6. The summed E-state index contributed by atoms with van der Waals surface area (Å²) in [6.45, 7) is 0.664. The molecule has 1 aromatic carbocycles. The first-order valence-electron chi connectivity index (χ1n) is 5.98. The van der Waals surface area contributed by atoms with E-state index in [2.05, 4.69) is 15.3 Å². The van der Waals surface area contributed by atoms with Crippen LogP contribution in [0.5, 0.6) is 0 Å². The molecule has 0 bridgehead atoms. The zero-order chi connectivity index (χ0) is 15.0. The van der Waals surface area contributed by atoms with Gasteiger partial charge in [0.05, 0.1) is 0 Å². The van der Waals surface area contributed by atoms with Crippen LogP contribution in [0.3, 0.4) is 0 Å². The van der Waals surface area contributed by atoms with Crippen LogP contribution in [0.15, 0.2) is 29.4 Å². The summed E-state index contributed by atoms with van der Waals surface area (Å²) >= 11 is 0. The minimum atomic E-state index is -2.60. The number of hydrogen-bond donors (Lipinski definition) is 2. The van der Waals surface area contributed by atoms with E-state index in [4.69, 9.17) is 11.3 Å². The number of rotatable bonds is 8. The lowest BCUT2D eigenvalue weighted by molar-refractivity contribution is -0.120. The van der Waals surface area contributed by atoms with Gasteiger partial charge in [-0.25, -0.2) is 8.78 Å². The molecule has 0 fully saturated rings. The van der Waals surface area contributed by atoms with Gasteiger partial charge in [0.25, 0.3) is 6.43 Å². The molecule has 0 aromatic heterocycles. The highest BCUT2D eigenvalue weighted by atomic mass is 19.3. The fraction of sp³-hybridized carbons (Fsp3) is 0.417. The second-order valence-electron chi connectivity index (χ2n) is 4.07. The fourth-order valence-corrected chi connectivity index (χ4v) is 1.70. The van der Waals surface area contributed by atoms with Crippen LogP contribution in [0.25, 0.3) is 10.4 Å². The minimum Gasteiger partial charge on any atom is -0.368 e. The van der Waals surface area contributed by atoms with Gasteiger partial charge in [0, 0.05) is 17.0 Å². The summed E-state index contributed by atoms with van der Waals surface area (Å²) in [6.07, 6.45) is -2.09. The zero-order valence-electron chi connectivity index (χ0n) is 10.7. The maximum Gasteiger partial charge on any atom is 0.263 e. The third-order valence-corrected chi connectivity index (χ3v) is 2.63. The average molecular weight is 283 g/mol. The fourth-order valence-electron chi connectivity index (χ4n) is 1.70. The van der Waals surface area contributed by atoms with Crippen molar-refractivity contribution in [3.63, 3.8) is 0 Å². The first-order valence-corrected chi connectivity index (χ1v) is 5.98. The summed E-state index contributed by atoms with van der Waals surface area (Å²) in [5, 5.41) is 6.21. The largest absolute Gasteiger partial charge is 0.368 e. The van der Waals surface area contributed by atoms with Crippen LogP contribution in [0.4, 0.5) is 8.78 Å². The number of carbonyl (C=O) groups is 1. The molecule has 0 aliphatic rings. The highest BCUT2D eigenvalue weighted by Gasteiger charge is 2.18. The van der Waals surface area contributed by atoms with Gasteiger partial charge >= 0.3 is 0 Å². The number of hydrogen-bond acceptors (Lipinski definition) is 3. The number of alkyl halides is 2. The average Bonchev–Trinajstić information content (AvgIpc) is 2.42. The Balaban J connectivity index is 2.72. The van der Waals surface area contributed by atoms with E-state index in [1.807, 2.05) is 0 Å². The van der Waals surface area contributed by atoms with E-state index >= 15 is 0 Å². The van der Waals surface area contributed by atoms with Gasteiger partial charge in [0.1, 0.15) is 6.04 Å². The molecule has 0 spiro atoms. The van der Waals surface area contributed by atoms with Crippen molar-refractivity contribution < 1.29 is 13.6 Å². The van der Waals surface area contributed by atoms with Crippen LogP contribution in [0.2, 0.25) is 0 Å². The van der Waals surface area contributed by atoms with Crippen molar-refractivity contribution >= 4 is 5.91 Å². The van der Waals surface area contributed by atoms with Crippen LogP contribution in [0.1, 0.15) is 30.0 Å². The first kappa shape index (κ1) is 15.9. The van der Waals surface area contributed by atoms with Crippen molar-refractivity contribution in [2.75, 3.05) is 13.1 Å². The van der Waals surface area contributed by atoms with Crippen LogP contribution in [0, 0.1) is 0 Å². The monoisotopic (exact) mass is 283 g/mol. The Kier molecular flexibility index (Phi) is 6.42. The van der Waals surface area contributed by atoms with E-state index in [0.29, 0.717) is 18.5 Å². The Labute approximate surface area is 114 Å². The number of nitrogens with two attached hydrogens (primary N) is 1. The summed E-state index contributed by atoms with van der Waals surface area (Å²) in [6, 6.07) is 4.70.